The Hall–Kier alpha value is -5.20. The molecule has 1 heterocycles. The summed E-state index contributed by atoms with van der Waals surface area (Å²) < 4.78 is 38.6. The van der Waals surface area contributed by atoms with Crippen molar-refractivity contribution in [2.75, 3.05) is 16.0 Å². The van der Waals surface area contributed by atoms with E-state index in [0.717, 1.165) is 18.2 Å². The molecule has 4 aromatic rings. The normalized spacial score (nSPS) is 11.0. The third kappa shape index (κ3) is 5.90. The summed E-state index contributed by atoms with van der Waals surface area (Å²) in [6.07, 6.45) is -1.53. The highest BCUT2D eigenvalue weighted by Gasteiger charge is 2.30. The van der Waals surface area contributed by atoms with Gasteiger partial charge in [-0.2, -0.15) is 13.2 Å². The maximum atomic E-state index is 12.9. The number of para-hydroxylation sites is 2. The number of pyridine rings is 1. The lowest BCUT2D eigenvalue weighted by molar-refractivity contribution is -0.393. The smallest absolute Gasteiger partial charge is 0.354 e. The lowest BCUT2D eigenvalue weighted by atomic mass is 10.1. The van der Waals surface area contributed by atoms with Crippen LogP contribution in [0.3, 0.4) is 0 Å². The first kappa shape index (κ1) is 24.9. The summed E-state index contributed by atoms with van der Waals surface area (Å²) >= 11 is 0. The van der Waals surface area contributed by atoms with Crippen LogP contribution >= 0.6 is 0 Å². The van der Waals surface area contributed by atoms with Gasteiger partial charge < -0.3 is 16.0 Å². The Kier molecular flexibility index (Phi) is 6.86. The quantitative estimate of drug-likeness (QED) is 0.168. The fourth-order valence-electron chi connectivity index (χ4n) is 3.42. The monoisotopic (exact) mass is 510 g/mol. The van der Waals surface area contributed by atoms with Crippen LogP contribution in [0, 0.1) is 20.2 Å². The molecule has 0 atom stereocenters. The Bertz CT molecular complexity index is 1450. The second kappa shape index (κ2) is 10.2. The molecule has 10 nitrogen and oxygen atoms in total. The van der Waals surface area contributed by atoms with Crippen LogP contribution < -0.4 is 16.0 Å². The molecule has 0 saturated carbocycles. The molecule has 0 fully saturated rings. The van der Waals surface area contributed by atoms with Crippen LogP contribution in [0.5, 0.6) is 0 Å². The SMILES string of the molecule is O=[N+]([O-])c1cc([N+](=O)[O-])c(Nc2ccccc2Nc2ccc(C(F)(F)F)cc2)cc1Nc1cccnc1. The molecule has 0 spiro atoms. The van der Waals surface area contributed by atoms with Crippen molar-refractivity contribution in [1.29, 1.82) is 0 Å². The number of alkyl halides is 3. The van der Waals surface area contributed by atoms with E-state index in [1.165, 1.54) is 30.6 Å². The van der Waals surface area contributed by atoms with E-state index >= 15 is 0 Å². The van der Waals surface area contributed by atoms with Gasteiger partial charge >= 0.3 is 6.18 Å². The lowest BCUT2D eigenvalue weighted by Gasteiger charge is -2.16. The number of rotatable bonds is 8. The van der Waals surface area contributed by atoms with Crippen LogP contribution in [0.25, 0.3) is 0 Å². The zero-order valence-corrected chi connectivity index (χ0v) is 18.7. The zero-order valence-electron chi connectivity index (χ0n) is 18.7. The summed E-state index contributed by atoms with van der Waals surface area (Å²) in [7, 11) is 0. The molecule has 0 bridgehead atoms. The second-order valence-corrected chi connectivity index (χ2v) is 7.64. The summed E-state index contributed by atoms with van der Waals surface area (Å²) in [4.78, 5) is 25.8. The van der Waals surface area contributed by atoms with E-state index in [1.54, 1.807) is 36.4 Å². The number of hydrogen-bond donors (Lipinski definition) is 3. The van der Waals surface area contributed by atoms with Crippen molar-refractivity contribution in [2.24, 2.45) is 0 Å². The van der Waals surface area contributed by atoms with Crippen molar-refractivity contribution in [3.63, 3.8) is 0 Å². The number of hydrogen-bond acceptors (Lipinski definition) is 8. The fourth-order valence-corrected chi connectivity index (χ4v) is 3.42. The number of nitro groups is 2. The van der Waals surface area contributed by atoms with Gasteiger partial charge in [0.1, 0.15) is 11.4 Å². The van der Waals surface area contributed by atoms with Gasteiger partial charge in [-0.1, -0.05) is 12.1 Å². The van der Waals surface area contributed by atoms with E-state index in [0.29, 0.717) is 22.7 Å². The van der Waals surface area contributed by atoms with Crippen molar-refractivity contribution in [3.8, 4) is 0 Å². The Morgan fingerprint density at radius 3 is 1.78 bits per heavy atom. The van der Waals surface area contributed by atoms with Crippen LogP contribution in [0.4, 0.5) is 58.7 Å². The van der Waals surface area contributed by atoms with E-state index in [-0.39, 0.29) is 11.4 Å². The fraction of sp³-hybridized carbons (Fsp3) is 0.0417. The van der Waals surface area contributed by atoms with Gasteiger partial charge in [0.25, 0.3) is 11.4 Å². The minimum Gasteiger partial charge on any atom is -0.354 e. The largest absolute Gasteiger partial charge is 0.416 e. The Morgan fingerprint density at radius 1 is 0.676 bits per heavy atom. The van der Waals surface area contributed by atoms with Crippen LogP contribution in [-0.4, -0.2) is 14.8 Å². The number of halogens is 3. The van der Waals surface area contributed by atoms with Crippen molar-refractivity contribution in [3.05, 3.63) is 111 Å². The molecule has 0 aliphatic rings. The summed E-state index contributed by atoms with van der Waals surface area (Å²) in [6.45, 7) is 0. The minimum atomic E-state index is -4.48. The number of anilines is 6. The summed E-state index contributed by atoms with van der Waals surface area (Å²) in [5.74, 6) is 0. The van der Waals surface area contributed by atoms with E-state index in [2.05, 4.69) is 20.9 Å². The molecule has 0 radical (unpaired) electrons. The molecule has 0 aliphatic carbocycles. The van der Waals surface area contributed by atoms with Crippen molar-refractivity contribution in [1.82, 2.24) is 4.98 Å². The molecule has 3 aromatic carbocycles. The average Bonchev–Trinajstić information content (AvgIpc) is 2.85. The van der Waals surface area contributed by atoms with Gasteiger partial charge in [0.05, 0.1) is 44.7 Å². The first-order valence-electron chi connectivity index (χ1n) is 10.6. The first-order valence-corrected chi connectivity index (χ1v) is 10.6. The van der Waals surface area contributed by atoms with Crippen LogP contribution in [0.15, 0.2) is 85.2 Å². The predicted octanol–water partition coefficient (Wildman–Crippen LogP) is 7.15. The highest BCUT2D eigenvalue weighted by Crippen LogP contribution is 2.40. The van der Waals surface area contributed by atoms with Crippen LogP contribution in [0.2, 0.25) is 0 Å². The van der Waals surface area contributed by atoms with Gasteiger partial charge in [0, 0.05) is 11.9 Å². The number of nitrogens with one attached hydrogen (secondary N) is 3. The molecular formula is C24H17F3N6O4. The number of nitrogens with zero attached hydrogens (tertiary/aromatic N) is 3. The standard InChI is InChI=1S/C24H17F3N6O4/c25-24(26,27)15-7-9-16(10-8-15)29-18-5-1-2-6-19(18)31-21-12-20(30-17-4-3-11-28-14-17)22(32(34)35)13-23(21)33(36)37/h1-14,29-31H. The molecule has 13 heteroatoms. The van der Waals surface area contributed by atoms with Crippen molar-refractivity contribution < 1.29 is 23.0 Å². The second-order valence-electron chi connectivity index (χ2n) is 7.64. The third-order valence-electron chi connectivity index (χ3n) is 5.14. The van der Waals surface area contributed by atoms with Crippen molar-refractivity contribution in [2.45, 2.75) is 6.18 Å². The Morgan fingerprint density at radius 2 is 1.24 bits per heavy atom. The molecule has 3 N–H and O–H groups in total. The van der Waals surface area contributed by atoms with Gasteiger partial charge in [-0.05, 0) is 54.6 Å². The molecular weight excluding hydrogens is 493 g/mol. The van der Waals surface area contributed by atoms with Gasteiger partial charge in [0.15, 0.2) is 0 Å². The maximum Gasteiger partial charge on any atom is 0.416 e. The molecule has 0 amide bonds. The summed E-state index contributed by atoms with van der Waals surface area (Å²) in [5, 5.41) is 32.1. The van der Waals surface area contributed by atoms with Gasteiger partial charge in [-0.15, -0.1) is 0 Å². The maximum absolute atomic E-state index is 12.9. The average molecular weight is 510 g/mol. The number of aromatic nitrogens is 1. The molecule has 0 aliphatic heterocycles. The highest BCUT2D eigenvalue weighted by atomic mass is 19.4. The van der Waals surface area contributed by atoms with E-state index in [9.17, 15) is 33.4 Å². The topological polar surface area (TPSA) is 135 Å². The first-order chi connectivity index (χ1) is 17.6. The van der Waals surface area contributed by atoms with Gasteiger partial charge in [-0.3, -0.25) is 25.2 Å². The van der Waals surface area contributed by atoms with E-state index < -0.39 is 33.0 Å². The minimum absolute atomic E-state index is 0.0146. The lowest BCUT2D eigenvalue weighted by Crippen LogP contribution is -2.05. The molecule has 1 aromatic heterocycles. The molecule has 0 unspecified atom stereocenters. The zero-order chi connectivity index (χ0) is 26.6. The highest BCUT2D eigenvalue weighted by molar-refractivity contribution is 5.85. The third-order valence-corrected chi connectivity index (χ3v) is 5.14. The molecule has 37 heavy (non-hydrogen) atoms. The summed E-state index contributed by atoms with van der Waals surface area (Å²) in [6, 6.07) is 16.2. The predicted molar refractivity (Wildman–Crippen MR) is 132 cm³/mol. The van der Waals surface area contributed by atoms with Crippen molar-refractivity contribution >= 4 is 45.5 Å². The van der Waals surface area contributed by atoms with Gasteiger partial charge in [0.2, 0.25) is 0 Å². The molecule has 0 saturated heterocycles. The molecule has 188 valence electrons. The van der Waals surface area contributed by atoms with Crippen LogP contribution in [-0.2, 0) is 6.18 Å². The Labute approximate surface area is 207 Å². The van der Waals surface area contributed by atoms with E-state index in [1.807, 2.05) is 0 Å². The summed E-state index contributed by atoms with van der Waals surface area (Å²) in [5.41, 5.74) is -0.426. The number of nitro benzene ring substituents is 2. The molecule has 4 rings (SSSR count). The van der Waals surface area contributed by atoms with Crippen LogP contribution in [0.1, 0.15) is 5.56 Å². The Balaban J connectivity index is 1.70. The van der Waals surface area contributed by atoms with E-state index in [4.69, 9.17) is 0 Å². The van der Waals surface area contributed by atoms with Gasteiger partial charge in [-0.25, -0.2) is 0 Å². The number of benzene rings is 3.